The van der Waals surface area contributed by atoms with Crippen molar-refractivity contribution in [3.63, 3.8) is 0 Å². The Labute approximate surface area is 124 Å². The fourth-order valence-corrected chi connectivity index (χ4v) is 4.05. The first-order chi connectivity index (χ1) is 9.45. The van der Waals surface area contributed by atoms with Crippen LogP contribution < -0.4 is 11.3 Å². The van der Waals surface area contributed by atoms with E-state index in [9.17, 15) is 8.42 Å². The molecule has 20 heavy (non-hydrogen) atoms. The van der Waals surface area contributed by atoms with Crippen LogP contribution in [0.1, 0.15) is 26.2 Å². The zero-order chi connectivity index (χ0) is 14.8. The lowest BCUT2D eigenvalue weighted by atomic mass is 10.0. The van der Waals surface area contributed by atoms with Gasteiger partial charge in [0.2, 0.25) is 10.0 Å². The maximum absolute atomic E-state index is 12.6. The molecule has 1 unspecified atom stereocenters. The summed E-state index contributed by atoms with van der Waals surface area (Å²) in [5, 5.41) is 0.191. The molecule has 1 atom stereocenters. The average molecular weight is 319 g/mol. The number of aromatic nitrogens is 1. The normalized spacial score (nSPS) is 21.4. The van der Waals surface area contributed by atoms with E-state index in [0.29, 0.717) is 19.0 Å². The van der Waals surface area contributed by atoms with Gasteiger partial charge in [0.15, 0.2) is 5.82 Å². The van der Waals surface area contributed by atoms with Gasteiger partial charge < -0.3 is 5.43 Å². The molecule has 1 fully saturated rings. The van der Waals surface area contributed by atoms with E-state index in [0.717, 1.165) is 19.3 Å². The highest BCUT2D eigenvalue weighted by molar-refractivity contribution is 7.89. The largest absolute Gasteiger partial charge is 0.307 e. The van der Waals surface area contributed by atoms with Crippen LogP contribution in [0.4, 0.5) is 5.82 Å². The summed E-state index contributed by atoms with van der Waals surface area (Å²) in [5.74, 6) is 6.05. The molecule has 6 nitrogen and oxygen atoms in total. The van der Waals surface area contributed by atoms with E-state index in [-0.39, 0.29) is 15.7 Å². The van der Waals surface area contributed by atoms with E-state index < -0.39 is 10.0 Å². The summed E-state index contributed by atoms with van der Waals surface area (Å²) in [5.41, 5.74) is 2.32. The number of nitrogens with one attached hydrogen (secondary N) is 1. The number of pyridine rings is 1. The molecular formula is C12H19ClN4O2S. The third kappa shape index (κ3) is 3.22. The minimum absolute atomic E-state index is 0.107. The van der Waals surface area contributed by atoms with Crippen LogP contribution >= 0.6 is 11.6 Å². The van der Waals surface area contributed by atoms with Crippen LogP contribution in [-0.4, -0.2) is 30.8 Å². The Hall–Kier alpha value is -0.890. The van der Waals surface area contributed by atoms with Gasteiger partial charge in [0.1, 0.15) is 4.90 Å². The van der Waals surface area contributed by atoms with Crippen molar-refractivity contribution in [3.8, 4) is 0 Å². The third-order valence-corrected chi connectivity index (χ3v) is 5.72. The number of rotatable bonds is 3. The van der Waals surface area contributed by atoms with Gasteiger partial charge >= 0.3 is 0 Å². The molecule has 1 aliphatic heterocycles. The lowest BCUT2D eigenvalue weighted by Gasteiger charge is -2.20. The zero-order valence-electron chi connectivity index (χ0n) is 11.3. The summed E-state index contributed by atoms with van der Waals surface area (Å²) < 4.78 is 26.7. The average Bonchev–Trinajstić information content (AvgIpc) is 2.63. The summed E-state index contributed by atoms with van der Waals surface area (Å²) in [6.07, 6.45) is 4.10. The molecule has 1 saturated heterocycles. The molecule has 0 radical (unpaired) electrons. The maximum Gasteiger partial charge on any atom is 0.244 e. The number of nitrogens with two attached hydrogens (primary N) is 1. The molecule has 0 saturated carbocycles. The van der Waals surface area contributed by atoms with Crippen molar-refractivity contribution in [2.45, 2.75) is 31.1 Å². The molecule has 2 heterocycles. The van der Waals surface area contributed by atoms with Crippen molar-refractivity contribution in [1.29, 1.82) is 0 Å². The molecule has 3 N–H and O–H groups in total. The lowest BCUT2D eigenvalue weighted by molar-refractivity contribution is 0.416. The van der Waals surface area contributed by atoms with Crippen molar-refractivity contribution in [2.75, 3.05) is 18.5 Å². The van der Waals surface area contributed by atoms with E-state index in [1.807, 2.05) is 0 Å². The molecule has 0 spiro atoms. The van der Waals surface area contributed by atoms with E-state index in [2.05, 4.69) is 17.3 Å². The van der Waals surface area contributed by atoms with Crippen LogP contribution in [0.25, 0.3) is 0 Å². The molecule has 2 rings (SSSR count). The summed E-state index contributed by atoms with van der Waals surface area (Å²) in [6.45, 7) is 3.23. The van der Waals surface area contributed by atoms with Crippen LogP contribution in [0.5, 0.6) is 0 Å². The van der Waals surface area contributed by atoms with Gasteiger partial charge in [-0.3, -0.25) is 0 Å². The predicted octanol–water partition coefficient (Wildman–Crippen LogP) is 1.83. The molecule has 0 aliphatic carbocycles. The topological polar surface area (TPSA) is 88.3 Å². The summed E-state index contributed by atoms with van der Waals surface area (Å²) in [4.78, 5) is 4.03. The summed E-state index contributed by atoms with van der Waals surface area (Å²) in [6, 6.07) is 1.38. The molecule has 1 aliphatic rings. The number of hydrazine groups is 1. The zero-order valence-corrected chi connectivity index (χ0v) is 12.9. The highest BCUT2D eigenvalue weighted by Crippen LogP contribution is 2.26. The Morgan fingerprint density at radius 3 is 2.85 bits per heavy atom. The molecule has 112 valence electrons. The smallest absolute Gasteiger partial charge is 0.244 e. The van der Waals surface area contributed by atoms with Gasteiger partial charge in [-0.1, -0.05) is 18.5 Å². The van der Waals surface area contributed by atoms with Gasteiger partial charge in [-0.25, -0.2) is 19.2 Å². The van der Waals surface area contributed by atoms with Gasteiger partial charge in [-0.05, 0) is 31.2 Å². The van der Waals surface area contributed by atoms with Gasteiger partial charge in [0.25, 0.3) is 0 Å². The monoisotopic (exact) mass is 318 g/mol. The van der Waals surface area contributed by atoms with Crippen molar-refractivity contribution >= 4 is 27.4 Å². The summed E-state index contributed by atoms with van der Waals surface area (Å²) >= 11 is 5.94. The molecule has 0 aromatic carbocycles. The number of hydrogen-bond donors (Lipinski definition) is 2. The standard InChI is InChI=1S/C12H19ClN4O2S/c1-9-3-2-5-17(6-4-9)20(18,19)10-7-11(13)12(16-14)15-8-10/h7-9H,2-6,14H2,1H3,(H,15,16). The van der Waals surface area contributed by atoms with E-state index in [4.69, 9.17) is 17.4 Å². The Morgan fingerprint density at radius 1 is 1.45 bits per heavy atom. The van der Waals surface area contributed by atoms with Crippen LogP contribution in [0, 0.1) is 5.92 Å². The number of sulfonamides is 1. The highest BCUT2D eigenvalue weighted by Gasteiger charge is 2.27. The second-order valence-electron chi connectivity index (χ2n) is 5.09. The van der Waals surface area contributed by atoms with Crippen molar-refractivity contribution in [2.24, 2.45) is 11.8 Å². The Balaban J connectivity index is 2.27. The number of anilines is 1. The molecule has 1 aromatic rings. The minimum Gasteiger partial charge on any atom is -0.307 e. The van der Waals surface area contributed by atoms with Crippen LogP contribution in [0.3, 0.4) is 0 Å². The van der Waals surface area contributed by atoms with E-state index in [1.165, 1.54) is 16.6 Å². The molecule has 0 bridgehead atoms. The van der Waals surface area contributed by atoms with Gasteiger partial charge in [-0.15, -0.1) is 0 Å². The third-order valence-electron chi connectivity index (χ3n) is 3.57. The van der Waals surface area contributed by atoms with E-state index >= 15 is 0 Å². The fraction of sp³-hybridized carbons (Fsp3) is 0.583. The Morgan fingerprint density at radius 2 is 2.20 bits per heavy atom. The second kappa shape index (κ2) is 6.26. The van der Waals surface area contributed by atoms with Crippen molar-refractivity contribution in [3.05, 3.63) is 17.3 Å². The first-order valence-electron chi connectivity index (χ1n) is 6.57. The molecule has 8 heteroatoms. The number of nitrogen functional groups attached to an aromatic ring is 1. The minimum atomic E-state index is -3.54. The van der Waals surface area contributed by atoms with Gasteiger partial charge in [0, 0.05) is 19.3 Å². The maximum atomic E-state index is 12.6. The van der Waals surface area contributed by atoms with E-state index in [1.54, 1.807) is 0 Å². The lowest BCUT2D eigenvalue weighted by Crippen LogP contribution is -2.32. The van der Waals surface area contributed by atoms with Gasteiger partial charge in [0.05, 0.1) is 5.02 Å². The fourth-order valence-electron chi connectivity index (χ4n) is 2.29. The number of halogens is 1. The first kappa shape index (κ1) is 15.5. The van der Waals surface area contributed by atoms with Crippen molar-refractivity contribution < 1.29 is 8.42 Å². The second-order valence-corrected chi connectivity index (χ2v) is 7.43. The predicted molar refractivity (Wildman–Crippen MR) is 78.8 cm³/mol. The Bertz CT molecular complexity index is 579. The number of nitrogens with zero attached hydrogens (tertiary/aromatic N) is 2. The number of hydrogen-bond acceptors (Lipinski definition) is 5. The van der Waals surface area contributed by atoms with Gasteiger partial charge in [-0.2, -0.15) is 4.31 Å². The SMILES string of the molecule is CC1CCCN(S(=O)(=O)c2cnc(NN)c(Cl)c2)CC1. The highest BCUT2D eigenvalue weighted by atomic mass is 35.5. The Kier molecular flexibility index (Phi) is 4.85. The molecular weight excluding hydrogens is 300 g/mol. The van der Waals surface area contributed by atoms with Crippen LogP contribution in [0.15, 0.2) is 17.2 Å². The quantitative estimate of drug-likeness (QED) is 0.655. The first-order valence-corrected chi connectivity index (χ1v) is 8.39. The van der Waals surface area contributed by atoms with Crippen LogP contribution in [-0.2, 0) is 10.0 Å². The van der Waals surface area contributed by atoms with Crippen LogP contribution in [0.2, 0.25) is 5.02 Å². The van der Waals surface area contributed by atoms with Crippen molar-refractivity contribution in [1.82, 2.24) is 9.29 Å². The molecule has 0 amide bonds. The molecule has 1 aromatic heterocycles. The summed E-state index contributed by atoms with van der Waals surface area (Å²) in [7, 11) is -3.54.